The highest BCUT2D eigenvalue weighted by Gasteiger charge is 2.41. The second-order valence-corrected chi connectivity index (χ2v) is 18.4. The zero-order chi connectivity index (χ0) is 55.9. The number of phenols is 2. The number of unbranched alkanes of at least 4 members (excludes halogenated alkanes) is 1. The largest absolute Gasteiger partial charge is 0.508 e. The molecule has 26 heteroatoms. The number of phenolic OH excluding ortho intramolecular Hbond substituents is 2. The highest BCUT2D eigenvalue weighted by Crippen LogP contribution is 2.22. The zero-order valence-electron chi connectivity index (χ0n) is 42.3. The van der Waals surface area contributed by atoms with E-state index in [0.29, 0.717) is 43.4 Å². The van der Waals surface area contributed by atoms with Crippen LogP contribution in [0.5, 0.6) is 11.5 Å². The maximum absolute atomic E-state index is 14.7. The molecule has 1 aliphatic heterocycles. The Balaban J connectivity index is 1.95. The van der Waals surface area contributed by atoms with Crippen LogP contribution >= 0.6 is 0 Å². The summed E-state index contributed by atoms with van der Waals surface area (Å²) in [4.78, 5) is 135. The number of rotatable bonds is 31. The number of nitrogens with zero attached hydrogens (tertiary/aromatic N) is 1. The van der Waals surface area contributed by atoms with E-state index in [2.05, 4.69) is 37.2 Å². The molecule has 0 aliphatic carbocycles. The molecule has 9 amide bonds. The van der Waals surface area contributed by atoms with Crippen molar-refractivity contribution in [2.45, 2.75) is 139 Å². The molecule has 2 aromatic carbocycles. The van der Waals surface area contributed by atoms with Crippen LogP contribution in [0.4, 0.5) is 0 Å². The molecule has 18 N–H and O–H groups in total. The van der Waals surface area contributed by atoms with Gasteiger partial charge in [0, 0.05) is 25.8 Å². The van der Waals surface area contributed by atoms with Gasteiger partial charge in [0.1, 0.15) is 59.8 Å². The lowest BCUT2D eigenvalue weighted by Crippen LogP contribution is -2.62. The van der Waals surface area contributed by atoms with Crippen molar-refractivity contribution in [3.05, 3.63) is 59.7 Å². The number of aliphatic hydroxyl groups is 2. The van der Waals surface area contributed by atoms with Gasteiger partial charge in [-0.25, -0.2) is 4.79 Å². The van der Waals surface area contributed by atoms with Crippen LogP contribution in [0.2, 0.25) is 0 Å². The van der Waals surface area contributed by atoms with Gasteiger partial charge in [-0.15, -0.1) is 0 Å². The number of primary amides is 1. The number of aliphatic hydroxyl groups excluding tert-OH is 2. The summed E-state index contributed by atoms with van der Waals surface area (Å²) in [6.45, 7) is 3.48. The topological polar surface area (TPSA) is 437 Å². The van der Waals surface area contributed by atoms with Gasteiger partial charge >= 0.3 is 5.97 Å². The summed E-state index contributed by atoms with van der Waals surface area (Å²) in [5.41, 5.74) is 17.2. The summed E-state index contributed by atoms with van der Waals surface area (Å²) in [6, 6.07) is -0.543. The fraction of sp³-hybridized carbons (Fsp3) is 0.551. The van der Waals surface area contributed by atoms with Gasteiger partial charge in [0.2, 0.25) is 53.2 Å². The predicted molar refractivity (Wildman–Crippen MR) is 268 cm³/mol. The van der Waals surface area contributed by atoms with E-state index < -0.39 is 145 Å². The van der Waals surface area contributed by atoms with Crippen molar-refractivity contribution in [3.8, 4) is 11.5 Å². The number of hydrogen-bond acceptors (Lipinski definition) is 16. The SMILES string of the molecule is CC[C@H](C)[C@H](NC(=O)[C@@H]1CCCN1C(=O)[C@H](Cc1ccc(O)cc1)NC(=O)[C@H](CCC(N)=O)NC(=O)[C@H](Cc1ccc(O)cc1)NC(=O)[C@H](CO)NC(=O)CN)C(=O)N[C@H](C(=O)N[C@@H](CCCCN)C(=O)O)[C@@H](C)O. The van der Waals surface area contributed by atoms with E-state index >= 15 is 0 Å². The minimum atomic E-state index is -1.64. The molecule has 414 valence electrons. The van der Waals surface area contributed by atoms with Crippen molar-refractivity contribution in [1.29, 1.82) is 0 Å². The number of amides is 9. The van der Waals surface area contributed by atoms with Gasteiger partial charge in [-0.3, -0.25) is 43.2 Å². The number of aromatic hydroxyl groups is 2. The number of likely N-dealkylation sites (tertiary alicyclic amines) is 1. The first-order valence-corrected chi connectivity index (χ1v) is 24.7. The molecule has 2 aromatic rings. The Bertz CT molecular complexity index is 2290. The fourth-order valence-corrected chi connectivity index (χ4v) is 8.08. The fourth-order valence-electron chi connectivity index (χ4n) is 8.08. The molecule has 26 nitrogen and oxygen atoms in total. The van der Waals surface area contributed by atoms with Crippen molar-refractivity contribution >= 4 is 59.1 Å². The minimum absolute atomic E-state index is 0.000403. The molecule has 10 atom stereocenters. The van der Waals surface area contributed by atoms with Crippen LogP contribution in [0.1, 0.15) is 83.3 Å². The van der Waals surface area contributed by atoms with Crippen molar-refractivity contribution in [3.63, 3.8) is 0 Å². The smallest absolute Gasteiger partial charge is 0.326 e. The van der Waals surface area contributed by atoms with Crippen LogP contribution in [0, 0.1) is 5.92 Å². The van der Waals surface area contributed by atoms with Gasteiger partial charge < -0.3 is 84.9 Å². The van der Waals surface area contributed by atoms with Crippen LogP contribution in [0.25, 0.3) is 0 Å². The van der Waals surface area contributed by atoms with Crippen LogP contribution in [0.3, 0.4) is 0 Å². The van der Waals surface area contributed by atoms with Crippen molar-refractivity contribution in [2.24, 2.45) is 23.1 Å². The van der Waals surface area contributed by atoms with Crippen molar-refractivity contribution < 1.29 is 73.5 Å². The summed E-state index contributed by atoms with van der Waals surface area (Å²) in [5, 5.41) is 67.3. The average molecular weight is 1060 g/mol. The average Bonchev–Trinajstić information content (AvgIpc) is 3.87. The first-order chi connectivity index (χ1) is 35.5. The quantitative estimate of drug-likeness (QED) is 0.0321. The Labute approximate surface area is 433 Å². The van der Waals surface area contributed by atoms with Crippen molar-refractivity contribution in [1.82, 2.24) is 42.1 Å². The molecule has 0 aromatic heterocycles. The zero-order valence-corrected chi connectivity index (χ0v) is 42.3. The third-order valence-electron chi connectivity index (χ3n) is 12.6. The number of aliphatic carboxylic acids is 1. The third-order valence-corrected chi connectivity index (χ3v) is 12.6. The van der Waals surface area contributed by atoms with Crippen LogP contribution in [-0.4, -0.2) is 170 Å². The van der Waals surface area contributed by atoms with E-state index in [9.17, 15) is 73.5 Å². The van der Waals surface area contributed by atoms with Crippen LogP contribution < -0.4 is 54.4 Å². The molecular weight excluding hydrogens is 983 g/mol. The van der Waals surface area contributed by atoms with Crippen LogP contribution in [0.15, 0.2) is 48.5 Å². The lowest BCUT2D eigenvalue weighted by atomic mass is 9.96. The van der Waals surface area contributed by atoms with Crippen LogP contribution in [-0.2, 0) is 60.8 Å². The molecule has 0 bridgehead atoms. The molecule has 0 radical (unpaired) electrons. The Hall–Kier alpha value is -7.42. The lowest BCUT2D eigenvalue weighted by Gasteiger charge is -2.32. The summed E-state index contributed by atoms with van der Waals surface area (Å²) in [6.07, 6.45) is -1.26. The third kappa shape index (κ3) is 19.7. The molecule has 1 fully saturated rings. The number of carboxylic acid groups (broad SMARTS) is 1. The number of hydrogen-bond donors (Lipinski definition) is 15. The number of nitrogens with one attached hydrogen (secondary N) is 7. The highest BCUT2D eigenvalue weighted by molar-refractivity contribution is 5.98. The molecule has 0 saturated carbocycles. The van der Waals surface area contributed by atoms with Crippen molar-refractivity contribution in [2.75, 3.05) is 26.2 Å². The second-order valence-electron chi connectivity index (χ2n) is 18.4. The predicted octanol–water partition coefficient (Wildman–Crippen LogP) is -3.88. The van der Waals surface area contributed by atoms with E-state index in [1.807, 2.05) is 0 Å². The van der Waals surface area contributed by atoms with Gasteiger partial charge in [0.15, 0.2) is 0 Å². The Morgan fingerprint density at radius 1 is 0.653 bits per heavy atom. The molecule has 1 aliphatic rings. The minimum Gasteiger partial charge on any atom is -0.508 e. The number of carbonyl (C=O) groups is 10. The summed E-state index contributed by atoms with van der Waals surface area (Å²) in [7, 11) is 0. The Morgan fingerprint density at radius 2 is 1.17 bits per heavy atom. The van der Waals surface area contributed by atoms with Gasteiger partial charge in [0.05, 0.1) is 19.3 Å². The number of benzene rings is 2. The normalized spacial score (nSPS) is 16.7. The Kier molecular flexibility index (Phi) is 25.3. The summed E-state index contributed by atoms with van der Waals surface area (Å²) < 4.78 is 0. The summed E-state index contributed by atoms with van der Waals surface area (Å²) >= 11 is 0. The Morgan fingerprint density at radius 3 is 1.69 bits per heavy atom. The summed E-state index contributed by atoms with van der Waals surface area (Å²) in [5.74, 6) is -10.2. The molecular formula is C49H73N11O15. The van der Waals surface area contributed by atoms with E-state index in [4.69, 9.17) is 17.2 Å². The first kappa shape index (κ1) is 61.9. The number of nitrogens with two attached hydrogens (primary N) is 3. The van der Waals surface area contributed by atoms with E-state index in [-0.39, 0.29) is 43.7 Å². The monoisotopic (exact) mass is 1060 g/mol. The molecule has 0 unspecified atom stereocenters. The lowest BCUT2D eigenvalue weighted by molar-refractivity contribution is -0.144. The maximum atomic E-state index is 14.7. The molecule has 75 heavy (non-hydrogen) atoms. The molecule has 1 saturated heterocycles. The van der Waals surface area contributed by atoms with Gasteiger partial charge in [-0.2, -0.15) is 0 Å². The maximum Gasteiger partial charge on any atom is 0.326 e. The molecule has 0 spiro atoms. The van der Waals surface area contributed by atoms with Gasteiger partial charge in [-0.05, 0) is 93.3 Å². The standard InChI is InChI=1S/C49H73N11O15/c1-4-26(2)40(46(71)59-41(27(3)62)47(72)55-33(49(74)75)8-5-6-20-50)58-45(70)37-9-7-21-60(37)48(73)35(23-29-12-16-31(64)17-13-29)57-42(67)32(18-19-38(52)65)54-43(68)34(22-28-10-14-30(63)15-11-28)56-44(69)36(25-61)53-39(66)24-51/h10-17,26-27,32-37,40-41,61-64H,4-9,18-25,50-51H2,1-3H3,(H2,52,65)(H,53,66)(H,54,68)(H,55,72)(H,56,69)(H,57,67)(H,58,70)(H,59,71)(H,74,75)/t26-,27+,32-,33-,34-,35-,36-,37-,40-,41-/m0/s1. The number of carbonyl (C=O) groups excluding carboxylic acids is 9. The molecule has 3 rings (SSSR count). The second kappa shape index (κ2) is 30.7. The van der Waals surface area contributed by atoms with Gasteiger partial charge in [0.25, 0.3) is 0 Å². The van der Waals surface area contributed by atoms with Gasteiger partial charge in [-0.1, -0.05) is 44.5 Å². The highest BCUT2D eigenvalue weighted by atomic mass is 16.4. The van der Waals surface area contributed by atoms with E-state index in [1.165, 1.54) is 60.4 Å². The number of carboxylic acids is 1. The van der Waals surface area contributed by atoms with E-state index in [0.717, 1.165) is 0 Å². The van der Waals surface area contributed by atoms with E-state index in [1.54, 1.807) is 13.8 Å². The first-order valence-electron chi connectivity index (χ1n) is 24.7. The molecule has 1 heterocycles.